The van der Waals surface area contributed by atoms with Crippen molar-refractivity contribution in [2.75, 3.05) is 0 Å². The van der Waals surface area contributed by atoms with E-state index in [2.05, 4.69) is 4.98 Å². The minimum absolute atomic E-state index is 0.0602. The summed E-state index contributed by atoms with van der Waals surface area (Å²) in [6, 6.07) is 17.3. The van der Waals surface area contributed by atoms with E-state index in [4.69, 9.17) is 11.6 Å². The molecule has 4 nitrogen and oxygen atoms in total. The molecule has 0 radical (unpaired) electrons. The lowest BCUT2D eigenvalue weighted by molar-refractivity contribution is -0.207. The summed E-state index contributed by atoms with van der Waals surface area (Å²) < 4.78 is 41.9. The van der Waals surface area contributed by atoms with E-state index in [1.165, 1.54) is 36.5 Å². The molecule has 0 saturated carbocycles. The summed E-state index contributed by atoms with van der Waals surface area (Å²) in [6.07, 6.45) is -6.12. The number of fused-ring (bicyclic) bond motifs is 1. The van der Waals surface area contributed by atoms with E-state index in [-0.39, 0.29) is 28.0 Å². The minimum atomic E-state index is -4.89. The first-order valence-corrected chi connectivity index (χ1v) is 9.41. The van der Waals surface area contributed by atoms with E-state index in [9.17, 15) is 23.5 Å². The lowest BCUT2D eigenvalue weighted by Gasteiger charge is -2.26. The number of aliphatic hydroxyl groups excluding tert-OH is 1. The van der Waals surface area contributed by atoms with Gasteiger partial charge >= 0.3 is 6.18 Å². The second-order valence-corrected chi connectivity index (χ2v) is 7.26. The quantitative estimate of drug-likeness (QED) is 0.410. The summed E-state index contributed by atoms with van der Waals surface area (Å²) in [5, 5.41) is 21.9. The van der Waals surface area contributed by atoms with Gasteiger partial charge in [0.15, 0.2) is 6.10 Å². The molecule has 0 spiro atoms. The summed E-state index contributed by atoms with van der Waals surface area (Å²) in [6.45, 7) is 0. The third kappa shape index (κ3) is 3.51. The van der Waals surface area contributed by atoms with Gasteiger partial charge < -0.3 is 10.3 Å². The van der Waals surface area contributed by atoms with E-state index in [0.29, 0.717) is 10.4 Å². The summed E-state index contributed by atoms with van der Waals surface area (Å²) in [7, 11) is 0. The van der Waals surface area contributed by atoms with Crippen molar-refractivity contribution in [3.63, 3.8) is 0 Å². The Morgan fingerprint density at radius 1 is 0.967 bits per heavy atom. The number of benzene rings is 2. The summed E-state index contributed by atoms with van der Waals surface area (Å²) >= 11 is 6.06. The predicted molar refractivity (Wildman–Crippen MR) is 108 cm³/mol. The molecule has 0 fully saturated rings. The number of aliphatic hydroxyl groups is 1. The van der Waals surface area contributed by atoms with Crippen molar-refractivity contribution in [2.24, 2.45) is 0 Å². The third-order valence-electron chi connectivity index (χ3n) is 4.97. The molecule has 2 heterocycles. The van der Waals surface area contributed by atoms with Crippen LogP contribution in [0.25, 0.3) is 22.3 Å². The van der Waals surface area contributed by atoms with Crippen molar-refractivity contribution in [3.8, 4) is 11.4 Å². The molecular formula is C22H16ClF3N2O2. The zero-order chi connectivity index (χ0) is 21.5. The predicted octanol–water partition coefficient (Wildman–Crippen LogP) is 5.65. The Morgan fingerprint density at radius 2 is 1.67 bits per heavy atom. The number of halogens is 4. The maximum Gasteiger partial charge on any atom is 0.415 e. The second kappa shape index (κ2) is 7.66. The molecule has 0 saturated heterocycles. The first-order chi connectivity index (χ1) is 14.3. The molecule has 8 heteroatoms. The largest absolute Gasteiger partial charge is 0.428 e. The van der Waals surface area contributed by atoms with E-state index < -0.39 is 18.2 Å². The highest BCUT2D eigenvalue weighted by atomic mass is 35.5. The van der Waals surface area contributed by atoms with Crippen molar-refractivity contribution in [3.05, 3.63) is 89.1 Å². The molecule has 4 aromatic rings. The molecule has 0 bridgehead atoms. The summed E-state index contributed by atoms with van der Waals surface area (Å²) in [4.78, 5) is 4.21. The van der Waals surface area contributed by atoms with Gasteiger partial charge in [-0.25, -0.2) is 0 Å². The first-order valence-electron chi connectivity index (χ1n) is 9.03. The van der Waals surface area contributed by atoms with Crippen LogP contribution >= 0.6 is 11.6 Å². The van der Waals surface area contributed by atoms with Crippen LogP contribution in [0.5, 0.6) is 0 Å². The van der Waals surface area contributed by atoms with Crippen molar-refractivity contribution in [2.45, 2.75) is 18.2 Å². The third-order valence-corrected chi connectivity index (χ3v) is 5.21. The average molecular weight is 433 g/mol. The van der Waals surface area contributed by atoms with Crippen molar-refractivity contribution in [1.29, 1.82) is 0 Å². The van der Waals surface area contributed by atoms with Gasteiger partial charge in [-0.15, -0.1) is 0 Å². The number of rotatable bonds is 4. The molecule has 2 atom stereocenters. The highest BCUT2D eigenvalue weighted by Crippen LogP contribution is 2.45. The summed E-state index contributed by atoms with van der Waals surface area (Å²) in [5.74, 6) is -1.50. The number of aromatic nitrogens is 2. The van der Waals surface area contributed by atoms with Gasteiger partial charge in [0.1, 0.15) is 5.69 Å². The number of pyridine rings is 1. The Hall–Kier alpha value is -3.03. The molecular weight excluding hydrogens is 417 g/mol. The average Bonchev–Trinajstić information content (AvgIpc) is 3.01. The Morgan fingerprint density at radius 3 is 2.30 bits per heavy atom. The molecule has 2 aromatic carbocycles. The van der Waals surface area contributed by atoms with Crippen LogP contribution in [0.4, 0.5) is 13.2 Å². The van der Waals surface area contributed by atoms with Gasteiger partial charge in [-0.05, 0) is 29.8 Å². The molecule has 2 N–H and O–H groups in total. The SMILES string of the molecule is OC(C(c1ccccc1)c1c(-c2ccccn2)n(O)c2cc(Cl)ccc12)C(F)(F)F. The van der Waals surface area contributed by atoms with E-state index in [1.807, 2.05) is 0 Å². The maximum atomic E-state index is 13.7. The molecule has 0 aliphatic heterocycles. The van der Waals surface area contributed by atoms with Crippen LogP contribution in [0.1, 0.15) is 17.0 Å². The zero-order valence-electron chi connectivity index (χ0n) is 15.4. The van der Waals surface area contributed by atoms with Gasteiger partial charge in [-0.1, -0.05) is 54.1 Å². The monoisotopic (exact) mass is 432 g/mol. The zero-order valence-corrected chi connectivity index (χ0v) is 16.1. The fraction of sp³-hybridized carbons (Fsp3) is 0.136. The maximum absolute atomic E-state index is 13.7. The van der Waals surface area contributed by atoms with Crippen molar-refractivity contribution in [1.82, 2.24) is 9.71 Å². The summed E-state index contributed by atoms with van der Waals surface area (Å²) in [5.41, 5.74) is 0.900. The Labute approximate surface area is 174 Å². The van der Waals surface area contributed by atoms with Gasteiger partial charge in [0.05, 0.1) is 11.2 Å². The normalized spacial score (nSPS) is 14.0. The van der Waals surface area contributed by atoms with Crippen LogP contribution in [0, 0.1) is 0 Å². The Balaban J connectivity index is 2.11. The topological polar surface area (TPSA) is 58.3 Å². The van der Waals surface area contributed by atoms with Crippen LogP contribution in [0.2, 0.25) is 5.02 Å². The lowest BCUT2D eigenvalue weighted by atomic mass is 9.84. The molecule has 30 heavy (non-hydrogen) atoms. The van der Waals surface area contributed by atoms with Gasteiger partial charge in [-0.2, -0.15) is 17.9 Å². The van der Waals surface area contributed by atoms with E-state index >= 15 is 0 Å². The lowest BCUT2D eigenvalue weighted by Crippen LogP contribution is -2.35. The number of nitrogens with zero attached hydrogens (tertiary/aromatic N) is 2. The van der Waals surface area contributed by atoms with Crippen LogP contribution in [0.15, 0.2) is 72.9 Å². The van der Waals surface area contributed by atoms with Gasteiger partial charge in [-0.3, -0.25) is 4.98 Å². The van der Waals surface area contributed by atoms with E-state index in [0.717, 1.165) is 4.73 Å². The highest BCUT2D eigenvalue weighted by molar-refractivity contribution is 6.31. The van der Waals surface area contributed by atoms with Gasteiger partial charge in [0.25, 0.3) is 0 Å². The first kappa shape index (κ1) is 20.3. The molecule has 154 valence electrons. The standard InChI is InChI=1S/C22H16ClF3N2O2/c23-14-9-10-15-17(12-14)28(30)20(16-8-4-5-11-27-16)19(15)18(21(29)22(24,25)26)13-6-2-1-3-7-13/h1-12,18,21,29-30H. The fourth-order valence-corrected chi connectivity index (χ4v) is 3.86. The number of alkyl halides is 3. The molecule has 4 rings (SSSR count). The van der Waals surface area contributed by atoms with Crippen LogP contribution in [-0.2, 0) is 0 Å². The smallest absolute Gasteiger partial charge is 0.415 e. The minimum Gasteiger partial charge on any atom is -0.428 e. The Kier molecular flexibility index (Phi) is 5.17. The van der Waals surface area contributed by atoms with Crippen LogP contribution < -0.4 is 0 Å². The van der Waals surface area contributed by atoms with Gasteiger partial charge in [0.2, 0.25) is 0 Å². The number of hydrogen-bond donors (Lipinski definition) is 2. The van der Waals surface area contributed by atoms with Crippen molar-refractivity contribution < 1.29 is 23.5 Å². The molecule has 2 unspecified atom stereocenters. The van der Waals surface area contributed by atoms with Gasteiger partial charge in [0, 0.05) is 28.1 Å². The molecule has 0 aliphatic carbocycles. The van der Waals surface area contributed by atoms with Crippen LogP contribution in [-0.4, -0.2) is 32.3 Å². The molecule has 0 amide bonds. The van der Waals surface area contributed by atoms with Crippen molar-refractivity contribution >= 4 is 22.5 Å². The highest BCUT2D eigenvalue weighted by Gasteiger charge is 2.46. The molecule has 0 aliphatic rings. The second-order valence-electron chi connectivity index (χ2n) is 6.83. The Bertz CT molecular complexity index is 1180. The molecule has 2 aromatic heterocycles. The van der Waals surface area contributed by atoms with E-state index in [1.54, 1.807) is 36.4 Å². The number of hydrogen-bond acceptors (Lipinski definition) is 3. The van der Waals surface area contributed by atoms with Crippen LogP contribution in [0.3, 0.4) is 0 Å². The fourth-order valence-electron chi connectivity index (χ4n) is 3.69.